The number of halogens is 3. The number of para-hydroxylation sites is 1. The first-order valence-corrected chi connectivity index (χ1v) is 10.6. The minimum atomic E-state index is -4.59. The van der Waals surface area contributed by atoms with Crippen molar-refractivity contribution >= 4 is 23.2 Å². The predicted molar refractivity (Wildman–Crippen MR) is 109 cm³/mol. The Balaban J connectivity index is 1.47. The lowest BCUT2D eigenvalue weighted by molar-refractivity contribution is -0.137. The molecule has 0 saturated carbocycles. The molecule has 32 heavy (non-hydrogen) atoms. The third kappa shape index (κ3) is 4.22. The van der Waals surface area contributed by atoms with E-state index in [4.69, 9.17) is 0 Å². The van der Waals surface area contributed by atoms with Gasteiger partial charge in [0.25, 0.3) is 11.8 Å². The fourth-order valence-electron chi connectivity index (χ4n) is 3.56. The van der Waals surface area contributed by atoms with Gasteiger partial charge in [-0.15, -0.1) is 16.4 Å². The number of amides is 2. The Morgan fingerprint density at radius 3 is 2.44 bits per heavy atom. The molecule has 1 aliphatic heterocycles. The van der Waals surface area contributed by atoms with Crippen LogP contribution in [0.5, 0.6) is 0 Å². The lowest BCUT2D eigenvalue weighted by Crippen LogP contribution is -2.62. The van der Waals surface area contributed by atoms with E-state index < -0.39 is 22.6 Å². The van der Waals surface area contributed by atoms with E-state index >= 15 is 0 Å². The number of piperazine rings is 1. The van der Waals surface area contributed by atoms with E-state index in [0.29, 0.717) is 11.3 Å². The summed E-state index contributed by atoms with van der Waals surface area (Å²) in [5.74, 6) is -0.954. The molecule has 0 N–H and O–H groups in total. The molecule has 0 atom stereocenters. The van der Waals surface area contributed by atoms with Gasteiger partial charge in [0.15, 0.2) is 5.01 Å². The van der Waals surface area contributed by atoms with Gasteiger partial charge in [0.2, 0.25) is 5.82 Å². The van der Waals surface area contributed by atoms with E-state index in [-0.39, 0.29) is 37.1 Å². The Labute approximate surface area is 185 Å². The van der Waals surface area contributed by atoms with E-state index in [1.54, 1.807) is 18.7 Å². The number of alkyl halides is 3. The van der Waals surface area contributed by atoms with E-state index in [1.807, 2.05) is 30.3 Å². The van der Waals surface area contributed by atoms with Crippen molar-refractivity contribution in [1.82, 2.24) is 29.5 Å². The number of hydrogen-bond donors (Lipinski definition) is 0. The minimum Gasteiger partial charge on any atom is -0.333 e. The third-order valence-electron chi connectivity index (χ3n) is 5.10. The molecule has 1 aromatic carbocycles. The lowest BCUT2D eigenvalue weighted by atomic mass is 9.98. The smallest absolute Gasteiger partial charge is 0.333 e. The highest BCUT2D eigenvalue weighted by molar-refractivity contribution is 7.09. The Morgan fingerprint density at radius 2 is 1.81 bits per heavy atom. The van der Waals surface area contributed by atoms with Crippen molar-refractivity contribution in [2.45, 2.75) is 25.6 Å². The van der Waals surface area contributed by atoms with Crippen molar-refractivity contribution in [3.63, 3.8) is 0 Å². The first-order valence-electron chi connectivity index (χ1n) is 9.67. The molecule has 0 unspecified atom stereocenters. The van der Waals surface area contributed by atoms with E-state index in [1.165, 1.54) is 15.9 Å². The van der Waals surface area contributed by atoms with Crippen LogP contribution in [0.2, 0.25) is 0 Å². The van der Waals surface area contributed by atoms with Crippen LogP contribution in [0.15, 0.2) is 42.0 Å². The monoisotopic (exact) mass is 464 g/mol. The number of nitrogens with zero attached hydrogens (tertiary/aromatic N) is 6. The summed E-state index contributed by atoms with van der Waals surface area (Å²) in [5, 5.41) is 4.31. The van der Waals surface area contributed by atoms with Gasteiger partial charge < -0.3 is 9.80 Å². The molecule has 168 valence electrons. The second-order valence-electron chi connectivity index (χ2n) is 7.88. The minimum absolute atomic E-state index is 0.0241. The molecule has 0 bridgehead atoms. The third-order valence-corrected chi connectivity index (χ3v) is 5.99. The van der Waals surface area contributed by atoms with Crippen molar-refractivity contribution in [2.24, 2.45) is 0 Å². The average molecular weight is 464 g/mol. The SMILES string of the molecule is CC1(C)CN(C(=O)c2csc(C(F)(F)F)n2)CCN1C(=O)c1ncn(-c2ccccc2)n1. The quantitative estimate of drug-likeness (QED) is 0.595. The topological polar surface area (TPSA) is 84.2 Å². The zero-order valence-corrected chi connectivity index (χ0v) is 18.0. The van der Waals surface area contributed by atoms with E-state index in [2.05, 4.69) is 15.1 Å². The standard InChI is InChI=1S/C20H19F3N6O2S/c1-19(2)11-27(16(30)14-10-32-18(25-14)20(21,22)23)8-9-28(19)17(31)15-24-12-29(26-15)13-6-4-3-5-7-13/h3-7,10,12H,8-9,11H2,1-2H3. The lowest BCUT2D eigenvalue weighted by Gasteiger charge is -2.46. The van der Waals surface area contributed by atoms with Crippen LogP contribution < -0.4 is 0 Å². The number of rotatable bonds is 3. The number of carbonyl (C=O) groups excluding carboxylic acids is 2. The molecule has 0 radical (unpaired) electrons. The van der Waals surface area contributed by atoms with Gasteiger partial charge in [-0.3, -0.25) is 9.59 Å². The fourth-order valence-corrected chi connectivity index (χ4v) is 4.22. The molecule has 1 saturated heterocycles. The normalized spacial score (nSPS) is 16.3. The van der Waals surface area contributed by atoms with Crippen LogP contribution in [0.4, 0.5) is 13.2 Å². The van der Waals surface area contributed by atoms with Crippen LogP contribution in [-0.2, 0) is 6.18 Å². The van der Waals surface area contributed by atoms with Gasteiger partial charge >= 0.3 is 6.18 Å². The van der Waals surface area contributed by atoms with Gasteiger partial charge in [-0.2, -0.15) is 13.2 Å². The number of carbonyl (C=O) groups is 2. The van der Waals surface area contributed by atoms with Crippen molar-refractivity contribution in [3.8, 4) is 5.69 Å². The Kier molecular flexibility index (Phi) is 5.49. The molecule has 0 spiro atoms. The van der Waals surface area contributed by atoms with Gasteiger partial charge in [-0.25, -0.2) is 14.6 Å². The summed E-state index contributed by atoms with van der Waals surface area (Å²) in [5.41, 5.74) is -0.275. The maximum Gasteiger partial charge on any atom is 0.443 e. The number of aromatic nitrogens is 4. The summed E-state index contributed by atoms with van der Waals surface area (Å²) in [4.78, 5) is 36.3. The molecule has 3 heterocycles. The molecule has 1 aliphatic rings. The van der Waals surface area contributed by atoms with Crippen molar-refractivity contribution in [3.05, 3.63) is 58.6 Å². The Hall–Kier alpha value is -3.28. The second-order valence-corrected chi connectivity index (χ2v) is 8.74. The summed E-state index contributed by atoms with van der Waals surface area (Å²) < 4.78 is 39.9. The number of hydrogen-bond acceptors (Lipinski definition) is 6. The van der Waals surface area contributed by atoms with E-state index in [0.717, 1.165) is 11.1 Å². The van der Waals surface area contributed by atoms with Crippen LogP contribution in [0.1, 0.15) is 40.0 Å². The zero-order chi connectivity index (χ0) is 23.1. The molecule has 12 heteroatoms. The van der Waals surface area contributed by atoms with Gasteiger partial charge in [0, 0.05) is 25.0 Å². The highest BCUT2D eigenvalue weighted by Gasteiger charge is 2.41. The summed E-state index contributed by atoms with van der Waals surface area (Å²) in [7, 11) is 0. The van der Waals surface area contributed by atoms with Crippen LogP contribution in [0.3, 0.4) is 0 Å². The maximum atomic E-state index is 13.1. The molecule has 2 aromatic heterocycles. The van der Waals surface area contributed by atoms with Gasteiger partial charge in [0.1, 0.15) is 12.0 Å². The molecule has 4 rings (SSSR count). The van der Waals surface area contributed by atoms with Gasteiger partial charge in [-0.05, 0) is 26.0 Å². The molecule has 0 aliphatic carbocycles. The number of thiazole rings is 1. The molecule has 8 nitrogen and oxygen atoms in total. The molecular formula is C20H19F3N6O2S. The molecule has 2 amide bonds. The number of benzene rings is 1. The summed E-state index contributed by atoms with van der Waals surface area (Å²) in [6.45, 7) is 4.04. The van der Waals surface area contributed by atoms with Crippen LogP contribution in [0.25, 0.3) is 5.69 Å². The molecular weight excluding hydrogens is 445 g/mol. The Morgan fingerprint density at radius 1 is 1.09 bits per heavy atom. The van der Waals surface area contributed by atoms with Crippen LogP contribution >= 0.6 is 11.3 Å². The average Bonchev–Trinajstić information content (AvgIpc) is 3.42. The maximum absolute atomic E-state index is 13.1. The van der Waals surface area contributed by atoms with Gasteiger partial charge in [0.05, 0.1) is 11.2 Å². The van der Waals surface area contributed by atoms with Crippen LogP contribution in [-0.4, -0.2) is 66.5 Å². The first-order chi connectivity index (χ1) is 15.1. The van der Waals surface area contributed by atoms with Crippen LogP contribution in [0, 0.1) is 0 Å². The fraction of sp³-hybridized carbons (Fsp3) is 0.350. The summed E-state index contributed by atoms with van der Waals surface area (Å²) in [6, 6.07) is 9.22. The summed E-state index contributed by atoms with van der Waals surface area (Å²) in [6.07, 6.45) is -3.14. The zero-order valence-electron chi connectivity index (χ0n) is 17.2. The largest absolute Gasteiger partial charge is 0.443 e. The van der Waals surface area contributed by atoms with Crippen molar-refractivity contribution in [2.75, 3.05) is 19.6 Å². The van der Waals surface area contributed by atoms with Gasteiger partial charge in [-0.1, -0.05) is 18.2 Å². The highest BCUT2D eigenvalue weighted by atomic mass is 32.1. The van der Waals surface area contributed by atoms with Crippen molar-refractivity contribution in [1.29, 1.82) is 0 Å². The summed E-state index contributed by atoms with van der Waals surface area (Å²) >= 11 is 0.385. The second kappa shape index (κ2) is 8.01. The molecule has 3 aromatic rings. The van der Waals surface area contributed by atoms with E-state index in [9.17, 15) is 22.8 Å². The highest BCUT2D eigenvalue weighted by Crippen LogP contribution is 2.32. The van der Waals surface area contributed by atoms with Crippen molar-refractivity contribution < 1.29 is 22.8 Å². The Bertz CT molecular complexity index is 1140. The molecule has 1 fully saturated rings. The predicted octanol–water partition coefficient (Wildman–Crippen LogP) is 3.12. The first kappa shape index (κ1) is 21.9.